The van der Waals surface area contributed by atoms with Gasteiger partial charge in [0, 0.05) is 22.5 Å². The van der Waals surface area contributed by atoms with Crippen LogP contribution in [0.5, 0.6) is 0 Å². The Kier molecular flexibility index (Phi) is 6.20. The summed E-state index contributed by atoms with van der Waals surface area (Å²) in [7, 11) is 0. The van der Waals surface area contributed by atoms with Crippen LogP contribution < -0.4 is 10.6 Å². The first kappa shape index (κ1) is 24.8. The van der Waals surface area contributed by atoms with Gasteiger partial charge in [0.1, 0.15) is 22.7 Å². The van der Waals surface area contributed by atoms with Crippen LogP contribution in [0.15, 0.2) is 53.1 Å². The molecule has 1 aliphatic rings. The Morgan fingerprint density at radius 2 is 1.95 bits per heavy atom. The second-order valence-electron chi connectivity index (χ2n) is 10.0. The molecule has 1 amide bonds. The number of aromatic amines is 1. The fraction of sp³-hybridized carbons (Fsp3) is 0.370. The minimum absolute atomic E-state index is 0.0451. The molecule has 0 unspecified atom stereocenters. The molecule has 2 atom stereocenters. The molecule has 1 saturated carbocycles. The molecule has 0 spiro atoms. The molecule has 0 saturated heterocycles. The van der Waals surface area contributed by atoms with E-state index in [9.17, 15) is 23.2 Å². The van der Waals surface area contributed by atoms with Crippen molar-refractivity contribution >= 4 is 27.8 Å². The maximum atomic E-state index is 14.3. The van der Waals surface area contributed by atoms with Crippen LogP contribution in [0.2, 0.25) is 0 Å². The summed E-state index contributed by atoms with van der Waals surface area (Å²) in [4.78, 5) is 12.9. The number of nitrogens with zero attached hydrogens (tertiary/aromatic N) is 2. The van der Waals surface area contributed by atoms with E-state index in [2.05, 4.69) is 26.9 Å². The number of hydrogen-bond acceptors (Lipinski definition) is 5. The Bertz CT molecular complexity index is 1480. The third kappa shape index (κ3) is 5.04. The van der Waals surface area contributed by atoms with Gasteiger partial charge in [0.2, 0.25) is 5.91 Å². The van der Waals surface area contributed by atoms with Crippen LogP contribution in [0.4, 0.5) is 13.2 Å². The Labute approximate surface area is 211 Å². The summed E-state index contributed by atoms with van der Waals surface area (Å²) in [5.41, 5.74) is 1.53. The summed E-state index contributed by atoms with van der Waals surface area (Å²) in [6.45, 7) is 3.67. The Balaban J connectivity index is 1.48. The monoisotopic (exact) mass is 509 g/mol. The van der Waals surface area contributed by atoms with Gasteiger partial charge in [0.05, 0.1) is 17.8 Å². The molecule has 3 N–H and O–H groups in total. The topological polar surface area (TPSA) is 107 Å². The second-order valence-corrected chi connectivity index (χ2v) is 10.0. The van der Waals surface area contributed by atoms with Crippen molar-refractivity contribution in [1.82, 2.24) is 20.8 Å². The van der Waals surface area contributed by atoms with E-state index in [0.29, 0.717) is 29.4 Å². The highest BCUT2D eigenvalue weighted by Gasteiger charge is 2.47. The maximum absolute atomic E-state index is 14.3. The van der Waals surface area contributed by atoms with Crippen molar-refractivity contribution in [2.75, 3.05) is 0 Å². The van der Waals surface area contributed by atoms with Crippen LogP contribution in [-0.4, -0.2) is 33.9 Å². The van der Waals surface area contributed by atoms with Gasteiger partial charge in [-0.3, -0.25) is 15.2 Å². The number of carbonyl (C=O) groups excluding carboxylic acids is 1. The number of amides is 1. The van der Waals surface area contributed by atoms with Gasteiger partial charge < -0.3 is 9.73 Å². The molecule has 2 aromatic carbocycles. The van der Waals surface area contributed by atoms with Gasteiger partial charge in [-0.05, 0) is 61.1 Å². The van der Waals surface area contributed by atoms with Gasteiger partial charge in [-0.2, -0.15) is 23.5 Å². The standard InChI is InChI=1S/C27H26F3N5O2/c1-15(2)11-21(25(36)34-26(14-31)8-9-26)33-24(27(28,29)30)17-3-5-18-19-12-16(20-7-10-32-35-20)4-6-22(19)37-23(18)13-17/h3-7,10,12-13,15,21,24,33H,8-9,11H2,1-2H3,(H,32,35)(H,34,36)/t21-,24-/m0/s1. The largest absolute Gasteiger partial charge is 0.456 e. The van der Waals surface area contributed by atoms with E-state index in [4.69, 9.17) is 4.42 Å². The Hall–Kier alpha value is -3.84. The zero-order valence-corrected chi connectivity index (χ0v) is 20.3. The molecule has 0 radical (unpaired) electrons. The molecule has 0 bridgehead atoms. The molecule has 10 heteroatoms. The number of H-pyrrole nitrogens is 1. The first-order valence-electron chi connectivity index (χ1n) is 12.1. The third-order valence-corrected chi connectivity index (χ3v) is 6.69. The van der Waals surface area contributed by atoms with Gasteiger partial charge in [-0.25, -0.2) is 0 Å². The van der Waals surface area contributed by atoms with Crippen molar-refractivity contribution in [2.24, 2.45) is 5.92 Å². The number of rotatable bonds is 8. The third-order valence-electron chi connectivity index (χ3n) is 6.69. The van der Waals surface area contributed by atoms with E-state index in [0.717, 1.165) is 16.6 Å². The van der Waals surface area contributed by atoms with Gasteiger partial charge in [0.25, 0.3) is 0 Å². The predicted octanol–water partition coefficient (Wildman–Crippen LogP) is 5.76. The summed E-state index contributed by atoms with van der Waals surface area (Å²) in [6, 6.07) is 10.6. The Morgan fingerprint density at radius 3 is 2.57 bits per heavy atom. The number of nitrogens with one attached hydrogen (secondary N) is 3. The summed E-state index contributed by atoms with van der Waals surface area (Å²) >= 11 is 0. The fourth-order valence-electron chi connectivity index (χ4n) is 4.57. The average Bonchev–Trinajstić information content (AvgIpc) is 3.25. The van der Waals surface area contributed by atoms with Crippen molar-refractivity contribution in [3.8, 4) is 17.3 Å². The molecular weight excluding hydrogens is 483 g/mol. The zero-order chi connectivity index (χ0) is 26.4. The average molecular weight is 510 g/mol. The molecule has 2 aromatic heterocycles. The van der Waals surface area contributed by atoms with Gasteiger partial charge >= 0.3 is 6.18 Å². The number of furan rings is 1. The van der Waals surface area contributed by atoms with Crippen LogP contribution in [-0.2, 0) is 4.79 Å². The predicted molar refractivity (Wildman–Crippen MR) is 132 cm³/mol. The number of fused-ring (bicyclic) bond motifs is 3. The quantitative estimate of drug-likeness (QED) is 0.280. The van der Waals surface area contributed by atoms with E-state index in [1.165, 1.54) is 12.1 Å². The minimum atomic E-state index is -4.67. The van der Waals surface area contributed by atoms with Crippen LogP contribution >= 0.6 is 0 Å². The summed E-state index contributed by atoms with van der Waals surface area (Å²) in [5, 5.41) is 22.8. The SMILES string of the molecule is CC(C)C[C@H](N[C@@H](c1ccc2c(c1)oc1ccc(-c3ccn[nH]3)cc12)C(F)(F)F)C(=O)NC1(C#N)CC1. The van der Waals surface area contributed by atoms with Crippen molar-refractivity contribution in [1.29, 1.82) is 5.26 Å². The number of alkyl halides is 3. The molecule has 7 nitrogen and oxygen atoms in total. The number of benzene rings is 2. The minimum Gasteiger partial charge on any atom is -0.456 e. The molecule has 192 valence electrons. The van der Waals surface area contributed by atoms with E-state index < -0.39 is 29.7 Å². The molecule has 0 aliphatic heterocycles. The molecule has 37 heavy (non-hydrogen) atoms. The summed E-state index contributed by atoms with van der Waals surface area (Å²) < 4.78 is 48.8. The molecule has 2 heterocycles. The zero-order valence-electron chi connectivity index (χ0n) is 20.3. The lowest BCUT2D eigenvalue weighted by atomic mass is 9.98. The molecule has 5 rings (SSSR count). The van der Waals surface area contributed by atoms with Gasteiger partial charge in [0.15, 0.2) is 0 Å². The summed E-state index contributed by atoms with van der Waals surface area (Å²) in [6.07, 6.45) is -1.85. The number of halogens is 3. The molecule has 4 aromatic rings. The van der Waals surface area contributed by atoms with Crippen molar-refractivity contribution < 1.29 is 22.4 Å². The van der Waals surface area contributed by atoms with Crippen LogP contribution in [0.1, 0.15) is 44.7 Å². The van der Waals surface area contributed by atoms with E-state index in [-0.39, 0.29) is 17.9 Å². The lowest BCUT2D eigenvalue weighted by Crippen LogP contribution is -2.52. The van der Waals surface area contributed by atoms with Crippen LogP contribution in [0, 0.1) is 17.2 Å². The Morgan fingerprint density at radius 1 is 1.16 bits per heavy atom. The lowest BCUT2D eigenvalue weighted by molar-refractivity contribution is -0.161. The lowest BCUT2D eigenvalue weighted by Gasteiger charge is -2.29. The first-order valence-corrected chi connectivity index (χ1v) is 12.1. The highest BCUT2D eigenvalue weighted by Crippen LogP contribution is 2.38. The molecule has 1 aliphatic carbocycles. The van der Waals surface area contributed by atoms with E-state index in [1.54, 1.807) is 18.3 Å². The van der Waals surface area contributed by atoms with Crippen molar-refractivity contribution in [2.45, 2.75) is 56.9 Å². The van der Waals surface area contributed by atoms with Gasteiger partial charge in [-0.15, -0.1) is 0 Å². The normalized spacial score (nSPS) is 16.6. The number of carbonyl (C=O) groups is 1. The summed E-state index contributed by atoms with van der Waals surface area (Å²) in [5.74, 6) is -0.644. The second kappa shape index (κ2) is 9.23. The number of hydrogen-bond donors (Lipinski definition) is 3. The molecule has 1 fully saturated rings. The number of nitriles is 1. The molecular formula is C27H26F3N5O2. The van der Waals surface area contributed by atoms with E-state index in [1.807, 2.05) is 32.0 Å². The van der Waals surface area contributed by atoms with Crippen molar-refractivity contribution in [3.63, 3.8) is 0 Å². The first-order chi connectivity index (χ1) is 17.6. The fourth-order valence-corrected chi connectivity index (χ4v) is 4.57. The van der Waals surface area contributed by atoms with Gasteiger partial charge in [-0.1, -0.05) is 26.0 Å². The van der Waals surface area contributed by atoms with E-state index >= 15 is 0 Å². The van der Waals surface area contributed by atoms with Crippen LogP contribution in [0.3, 0.4) is 0 Å². The number of aromatic nitrogens is 2. The highest BCUT2D eigenvalue weighted by molar-refractivity contribution is 6.06. The van der Waals surface area contributed by atoms with Crippen molar-refractivity contribution in [3.05, 3.63) is 54.2 Å². The smallest absolute Gasteiger partial charge is 0.407 e. The highest BCUT2D eigenvalue weighted by atomic mass is 19.4. The van der Waals surface area contributed by atoms with Crippen LogP contribution in [0.25, 0.3) is 33.2 Å². The maximum Gasteiger partial charge on any atom is 0.407 e.